The van der Waals surface area contributed by atoms with Crippen LogP contribution in [0.2, 0.25) is 0 Å². The van der Waals surface area contributed by atoms with E-state index in [2.05, 4.69) is 15.2 Å². The first-order valence-corrected chi connectivity index (χ1v) is 10.0. The average Bonchev–Trinajstić information content (AvgIpc) is 3.15. The van der Waals surface area contributed by atoms with Crippen molar-refractivity contribution in [3.8, 4) is 0 Å². The Balaban J connectivity index is 1.60. The standard InChI is InChI=1S/C17H23N5O3S/c1-13-3-4-14(2)15(11-13)26(24,25)22-9-7-21(8-10-22)17(23)6-5-16-18-12-19-20-16/h3-4,11-12H,5-10H2,1-2H3,(H,18,19,20). The summed E-state index contributed by atoms with van der Waals surface area (Å²) in [6.45, 7) is 5.10. The molecule has 1 aromatic carbocycles. The van der Waals surface area contributed by atoms with Crippen LogP contribution in [0.15, 0.2) is 29.4 Å². The molecule has 2 heterocycles. The highest BCUT2D eigenvalue weighted by Gasteiger charge is 2.31. The molecule has 1 fully saturated rings. The van der Waals surface area contributed by atoms with Gasteiger partial charge in [0.05, 0.1) is 4.90 Å². The first-order chi connectivity index (χ1) is 12.4. The molecule has 26 heavy (non-hydrogen) atoms. The number of aryl methyl sites for hydroxylation is 3. The van der Waals surface area contributed by atoms with Gasteiger partial charge < -0.3 is 4.90 Å². The third-order valence-electron chi connectivity index (χ3n) is 4.59. The monoisotopic (exact) mass is 377 g/mol. The van der Waals surface area contributed by atoms with Crippen LogP contribution in [0.25, 0.3) is 0 Å². The Morgan fingerprint density at radius 1 is 1.19 bits per heavy atom. The number of rotatable bonds is 5. The van der Waals surface area contributed by atoms with Gasteiger partial charge in [-0.25, -0.2) is 13.4 Å². The summed E-state index contributed by atoms with van der Waals surface area (Å²) in [4.78, 5) is 18.4. The normalized spacial score (nSPS) is 16.0. The molecular weight excluding hydrogens is 354 g/mol. The number of carbonyl (C=O) groups excluding carboxylic acids is 1. The van der Waals surface area contributed by atoms with Gasteiger partial charge in [0.1, 0.15) is 12.2 Å². The van der Waals surface area contributed by atoms with Gasteiger partial charge in [-0.05, 0) is 31.0 Å². The van der Waals surface area contributed by atoms with Crippen molar-refractivity contribution < 1.29 is 13.2 Å². The van der Waals surface area contributed by atoms with Crippen molar-refractivity contribution in [3.63, 3.8) is 0 Å². The van der Waals surface area contributed by atoms with E-state index in [4.69, 9.17) is 0 Å². The predicted octanol–water partition coefficient (Wildman–Crippen LogP) is 0.887. The summed E-state index contributed by atoms with van der Waals surface area (Å²) in [5, 5.41) is 6.49. The van der Waals surface area contributed by atoms with E-state index in [9.17, 15) is 13.2 Å². The second-order valence-corrected chi connectivity index (χ2v) is 8.39. The Bertz CT molecular complexity index is 872. The van der Waals surface area contributed by atoms with E-state index < -0.39 is 10.0 Å². The van der Waals surface area contributed by atoms with E-state index in [0.717, 1.165) is 11.1 Å². The average molecular weight is 377 g/mol. The summed E-state index contributed by atoms with van der Waals surface area (Å²) in [7, 11) is -3.54. The van der Waals surface area contributed by atoms with Crippen LogP contribution < -0.4 is 0 Å². The summed E-state index contributed by atoms with van der Waals surface area (Å²) in [6.07, 6.45) is 2.25. The van der Waals surface area contributed by atoms with Crippen LogP contribution in [0.1, 0.15) is 23.4 Å². The molecule has 0 saturated carbocycles. The number of aromatic amines is 1. The number of benzene rings is 1. The van der Waals surface area contributed by atoms with Crippen molar-refractivity contribution in [2.45, 2.75) is 31.6 Å². The highest BCUT2D eigenvalue weighted by atomic mass is 32.2. The van der Waals surface area contributed by atoms with Crippen molar-refractivity contribution >= 4 is 15.9 Å². The summed E-state index contributed by atoms with van der Waals surface area (Å²) in [5.74, 6) is 0.680. The quantitative estimate of drug-likeness (QED) is 0.834. The number of nitrogens with one attached hydrogen (secondary N) is 1. The van der Waals surface area contributed by atoms with E-state index in [1.54, 1.807) is 17.9 Å². The Hall–Kier alpha value is -2.26. The molecule has 8 nitrogen and oxygen atoms in total. The largest absolute Gasteiger partial charge is 0.340 e. The molecular formula is C17H23N5O3S. The molecule has 0 atom stereocenters. The Morgan fingerprint density at radius 2 is 1.92 bits per heavy atom. The predicted molar refractivity (Wildman–Crippen MR) is 96.0 cm³/mol. The highest BCUT2D eigenvalue weighted by Crippen LogP contribution is 2.22. The van der Waals surface area contributed by atoms with Gasteiger partial charge in [-0.3, -0.25) is 9.89 Å². The van der Waals surface area contributed by atoms with Gasteiger partial charge in [-0.15, -0.1) is 0 Å². The molecule has 9 heteroatoms. The van der Waals surface area contributed by atoms with E-state index in [1.165, 1.54) is 10.6 Å². The van der Waals surface area contributed by atoms with E-state index in [0.29, 0.717) is 49.7 Å². The van der Waals surface area contributed by atoms with Gasteiger partial charge >= 0.3 is 0 Å². The fourth-order valence-electron chi connectivity index (χ4n) is 3.04. The SMILES string of the molecule is Cc1ccc(C)c(S(=O)(=O)N2CCN(C(=O)CCc3ncn[nH]3)CC2)c1. The lowest BCUT2D eigenvalue weighted by molar-refractivity contribution is -0.132. The molecule has 1 N–H and O–H groups in total. The summed E-state index contributed by atoms with van der Waals surface area (Å²) >= 11 is 0. The van der Waals surface area contributed by atoms with Crippen LogP contribution >= 0.6 is 0 Å². The lowest BCUT2D eigenvalue weighted by atomic mass is 10.2. The summed E-state index contributed by atoms with van der Waals surface area (Å²) in [5.41, 5.74) is 1.65. The maximum atomic E-state index is 12.9. The smallest absolute Gasteiger partial charge is 0.243 e. The topological polar surface area (TPSA) is 99.3 Å². The molecule has 0 radical (unpaired) electrons. The molecule has 1 saturated heterocycles. The van der Waals surface area contributed by atoms with Crippen molar-refractivity contribution in [2.24, 2.45) is 0 Å². The number of carbonyl (C=O) groups is 1. The van der Waals surface area contributed by atoms with Crippen LogP contribution in [-0.4, -0.2) is 64.9 Å². The third-order valence-corrected chi connectivity index (χ3v) is 6.63. The number of nitrogens with zero attached hydrogens (tertiary/aromatic N) is 4. The first-order valence-electron chi connectivity index (χ1n) is 8.57. The molecule has 0 spiro atoms. The van der Waals surface area contributed by atoms with E-state index in [-0.39, 0.29) is 5.91 Å². The Labute approximate surface area is 153 Å². The molecule has 3 rings (SSSR count). The molecule has 0 unspecified atom stereocenters. The maximum absolute atomic E-state index is 12.9. The van der Waals surface area contributed by atoms with Crippen LogP contribution in [-0.2, 0) is 21.2 Å². The molecule has 0 aliphatic carbocycles. The fourth-order valence-corrected chi connectivity index (χ4v) is 4.77. The molecule has 1 aliphatic heterocycles. The van der Waals surface area contributed by atoms with E-state index >= 15 is 0 Å². The van der Waals surface area contributed by atoms with Gasteiger partial charge in [-0.1, -0.05) is 12.1 Å². The molecule has 1 amide bonds. The number of hydrogen-bond donors (Lipinski definition) is 1. The minimum Gasteiger partial charge on any atom is -0.340 e. The van der Waals surface area contributed by atoms with Crippen molar-refractivity contribution in [3.05, 3.63) is 41.5 Å². The molecule has 140 valence electrons. The second-order valence-electron chi connectivity index (χ2n) is 6.49. The molecule has 0 bridgehead atoms. The Morgan fingerprint density at radius 3 is 2.58 bits per heavy atom. The Kier molecular flexibility index (Phi) is 5.38. The van der Waals surface area contributed by atoms with Crippen LogP contribution in [0.4, 0.5) is 0 Å². The first kappa shape index (κ1) is 18.5. The highest BCUT2D eigenvalue weighted by molar-refractivity contribution is 7.89. The van der Waals surface area contributed by atoms with Gasteiger partial charge in [0, 0.05) is 39.0 Å². The lowest BCUT2D eigenvalue weighted by Gasteiger charge is -2.34. The molecule has 1 aromatic heterocycles. The summed E-state index contributed by atoms with van der Waals surface area (Å²) in [6, 6.07) is 5.44. The molecule has 2 aromatic rings. The summed E-state index contributed by atoms with van der Waals surface area (Å²) < 4.78 is 27.3. The zero-order chi connectivity index (χ0) is 18.7. The zero-order valence-corrected chi connectivity index (χ0v) is 15.8. The number of piperazine rings is 1. The number of sulfonamides is 1. The van der Waals surface area contributed by atoms with Crippen molar-refractivity contribution in [1.29, 1.82) is 0 Å². The minimum atomic E-state index is -3.54. The fraction of sp³-hybridized carbons (Fsp3) is 0.471. The number of amides is 1. The third kappa shape index (κ3) is 3.94. The van der Waals surface area contributed by atoms with Crippen LogP contribution in [0, 0.1) is 13.8 Å². The van der Waals surface area contributed by atoms with Gasteiger partial charge in [-0.2, -0.15) is 9.40 Å². The number of hydrogen-bond acceptors (Lipinski definition) is 5. The van der Waals surface area contributed by atoms with Crippen LogP contribution in [0.3, 0.4) is 0 Å². The van der Waals surface area contributed by atoms with Gasteiger partial charge in [0.25, 0.3) is 0 Å². The van der Waals surface area contributed by atoms with Gasteiger partial charge in [0.15, 0.2) is 0 Å². The van der Waals surface area contributed by atoms with Crippen molar-refractivity contribution in [1.82, 2.24) is 24.4 Å². The van der Waals surface area contributed by atoms with Crippen LogP contribution in [0.5, 0.6) is 0 Å². The zero-order valence-electron chi connectivity index (χ0n) is 15.0. The number of aromatic nitrogens is 3. The maximum Gasteiger partial charge on any atom is 0.243 e. The molecule has 1 aliphatic rings. The number of H-pyrrole nitrogens is 1. The van der Waals surface area contributed by atoms with Crippen molar-refractivity contribution in [2.75, 3.05) is 26.2 Å². The second kappa shape index (κ2) is 7.55. The van der Waals surface area contributed by atoms with E-state index in [1.807, 2.05) is 19.1 Å². The minimum absolute atomic E-state index is 0.00480. The lowest BCUT2D eigenvalue weighted by Crippen LogP contribution is -2.50. The van der Waals surface area contributed by atoms with Gasteiger partial charge in [0.2, 0.25) is 15.9 Å².